The van der Waals surface area contributed by atoms with Crippen molar-refractivity contribution in [2.45, 2.75) is 6.92 Å². The molecule has 160 valence electrons. The van der Waals surface area contributed by atoms with E-state index in [1.54, 1.807) is 13.0 Å². The largest absolute Gasteiger partial charge is 0.507 e. The maximum absolute atomic E-state index is 10.6. The van der Waals surface area contributed by atoms with Gasteiger partial charge in [-0.3, -0.25) is 0 Å². The van der Waals surface area contributed by atoms with Gasteiger partial charge in [0.25, 0.3) is 0 Å². The summed E-state index contributed by atoms with van der Waals surface area (Å²) in [6.45, 7) is 1.60. The highest BCUT2D eigenvalue weighted by Crippen LogP contribution is 2.41. The summed E-state index contributed by atoms with van der Waals surface area (Å²) >= 11 is 0. The first-order chi connectivity index (χ1) is 14.6. The maximum Gasteiger partial charge on any atom is 0.200 e. The second kappa shape index (κ2) is 8.11. The predicted octanol–water partition coefficient (Wildman–Crippen LogP) is 3.98. The average Bonchev–Trinajstić information content (AvgIpc) is 2.69. The number of phenolic OH excluding ortho intramolecular Hbond substituents is 8. The van der Waals surface area contributed by atoms with Gasteiger partial charge < -0.3 is 40.9 Å². The summed E-state index contributed by atoms with van der Waals surface area (Å²) in [7, 11) is 0. The number of aromatic hydroxyl groups is 8. The van der Waals surface area contributed by atoms with Crippen LogP contribution in [0.25, 0.3) is 24.3 Å². The molecule has 0 bridgehead atoms. The topological polar surface area (TPSA) is 162 Å². The summed E-state index contributed by atoms with van der Waals surface area (Å²) in [6, 6.07) is 6.26. The van der Waals surface area contributed by atoms with Crippen LogP contribution < -0.4 is 0 Å². The maximum atomic E-state index is 10.6. The Balaban J connectivity index is 2.00. The molecule has 3 rings (SSSR count). The fourth-order valence-corrected chi connectivity index (χ4v) is 2.97. The summed E-state index contributed by atoms with van der Waals surface area (Å²) in [5, 5.41) is 78.8. The fourth-order valence-electron chi connectivity index (χ4n) is 2.97. The van der Waals surface area contributed by atoms with Crippen molar-refractivity contribution in [2.75, 3.05) is 0 Å². The molecule has 8 nitrogen and oxygen atoms in total. The minimum Gasteiger partial charge on any atom is -0.507 e. The molecule has 0 unspecified atom stereocenters. The summed E-state index contributed by atoms with van der Waals surface area (Å²) in [5.41, 5.74) is 1.13. The van der Waals surface area contributed by atoms with E-state index in [9.17, 15) is 40.9 Å². The second-order valence-electron chi connectivity index (χ2n) is 6.87. The van der Waals surface area contributed by atoms with Crippen LogP contribution in [0.2, 0.25) is 0 Å². The van der Waals surface area contributed by atoms with Gasteiger partial charge in [0.15, 0.2) is 28.7 Å². The molecule has 31 heavy (non-hydrogen) atoms. The van der Waals surface area contributed by atoms with E-state index in [1.807, 2.05) is 0 Å². The Kier molecular flexibility index (Phi) is 5.56. The zero-order chi connectivity index (χ0) is 22.9. The van der Waals surface area contributed by atoms with Crippen molar-refractivity contribution in [1.82, 2.24) is 0 Å². The standard InChI is InChI=1S/C23H20O8/c1-11-6-12(7-18(26)21(11)29)2-4-14-16(24)10-17(25)15(22(14)30)5-3-13-8-19(27)23(31)20(28)9-13/h2-10,24-31H,1H3/b4-2+,5-3+. The number of hydrogen-bond acceptors (Lipinski definition) is 8. The normalized spacial score (nSPS) is 11.5. The van der Waals surface area contributed by atoms with E-state index < -0.39 is 34.5 Å². The molecular weight excluding hydrogens is 404 g/mol. The van der Waals surface area contributed by atoms with Crippen LogP contribution in [0.4, 0.5) is 0 Å². The third kappa shape index (κ3) is 4.27. The van der Waals surface area contributed by atoms with Crippen molar-refractivity contribution < 1.29 is 40.9 Å². The van der Waals surface area contributed by atoms with Crippen molar-refractivity contribution in [2.24, 2.45) is 0 Å². The molecule has 0 aliphatic carbocycles. The molecule has 3 aromatic carbocycles. The van der Waals surface area contributed by atoms with Crippen molar-refractivity contribution in [3.8, 4) is 46.0 Å². The minimum absolute atomic E-state index is 0.0148. The molecule has 0 atom stereocenters. The molecule has 0 aromatic heterocycles. The highest BCUT2D eigenvalue weighted by molar-refractivity contribution is 5.84. The highest BCUT2D eigenvalue weighted by Gasteiger charge is 2.14. The first kappa shape index (κ1) is 21.3. The van der Waals surface area contributed by atoms with Gasteiger partial charge in [-0.05, 0) is 60.0 Å². The number of aryl methyl sites for hydroxylation is 1. The molecule has 0 saturated carbocycles. The third-order valence-corrected chi connectivity index (χ3v) is 4.62. The van der Waals surface area contributed by atoms with E-state index in [2.05, 4.69) is 0 Å². The third-order valence-electron chi connectivity index (χ3n) is 4.62. The number of phenols is 8. The first-order valence-electron chi connectivity index (χ1n) is 9.00. The van der Waals surface area contributed by atoms with Gasteiger partial charge in [-0.1, -0.05) is 12.2 Å². The Morgan fingerprint density at radius 1 is 0.452 bits per heavy atom. The van der Waals surface area contributed by atoms with Crippen LogP contribution in [0.3, 0.4) is 0 Å². The second-order valence-corrected chi connectivity index (χ2v) is 6.87. The zero-order valence-corrected chi connectivity index (χ0v) is 16.3. The van der Waals surface area contributed by atoms with Gasteiger partial charge in [-0.25, -0.2) is 0 Å². The lowest BCUT2D eigenvalue weighted by Crippen LogP contribution is -1.85. The molecule has 0 saturated heterocycles. The molecule has 3 aromatic rings. The van der Waals surface area contributed by atoms with Gasteiger partial charge in [0.05, 0.1) is 11.1 Å². The molecule has 0 spiro atoms. The Bertz CT molecular complexity index is 1090. The summed E-state index contributed by atoms with van der Waals surface area (Å²) in [5.74, 6) is -3.59. The van der Waals surface area contributed by atoms with Crippen LogP contribution >= 0.6 is 0 Å². The summed E-state index contributed by atoms with van der Waals surface area (Å²) in [4.78, 5) is 0. The minimum atomic E-state index is -0.671. The van der Waals surface area contributed by atoms with Crippen LogP contribution in [0.1, 0.15) is 27.8 Å². The van der Waals surface area contributed by atoms with E-state index in [1.165, 1.54) is 42.5 Å². The Labute approximate surface area is 176 Å². The smallest absolute Gasteiger partial charge is 0.200 e. The summed E-state index contributed by atoms with van der Waals surface area (Å²) in [6.07, 6.45) is 5.51. The van der Waals surface area contributed by atoms with Crippen molar-refractivity contribution in [1.29, 1.82) is 0 Å². The lowest BCUT2D eigenvalue weighted by Gasteiger charge is -2.09. The Morgan fingerprint density at radius 3 is 1.32 bits per heavy atom. The molecule has 8 N–H and O–H groups in total. The van der Waals surface area contributed by atoms with E-state index >= 15 is 0 Å². The fraction of sp³-hybridized carbons (Fsp3) is 0.0435. The van der Waals surface area contributed by atoms with Gasteiger partial charge in [0, 0.05) is 6.07 Å². The van der Waals surface area contributed by atoms with Crippen LogP contribution in [0.5, 0.6) is 46.0 Å². The van der Waals surface area contributed by atoms with Crippen LogP contribution in [0, 0.1) is 6.92 Å². The van der Waals surface area contributed by atoms with E-state index in [0.717, 1.165) is 6.07 Å². The lowest BCUT2D eigenvalue weighted by molar-refractivity contribution is 0.368. The quantitative estimate of drug-likeness (QED) is 0.230. The van der Waals surface area contributed by atoms with Crippen molar-refractivity contribution in [3.63, 3.8) is 0 Å². The molecule has 8 heteroatoms. The summed E-state index contributed by atoms with van der Waals surface area (Å²) < 4.78 is 0. The van der Waals surface area contributed by atoms with E-state index in [0.29, 0.717) is 11.1 Å². The molecule has 0 aliphatic heterocycles. The molecular formula is C23H20O8. The molecule has 0 fully saturated rings. The Morgan fingerprint density at radius 2 is 0.871 bits per heavy atom. The van der Waals surface area contributed by atoms with Crippen LogP contribution in [0.15, 0.2) is 30.3 Å². The molecule has 0 aliphatic rings. The molecule has 0 amide bonds. The first-order valence-corrected chi connectivity index (χ1v) is 9.00. The highest BCUT2D eigenvalue weighted by atomic mass is 16.3. The average molecular weight is 424 g/mol. The number of hydrogen-bond donors (Lipinski definition) is 8. The number of rotatable bonds is 4. The van der Waals surface area contributed by atoms with Crippen molar-refractivity contribution >= 4 is 24.3 Å². The van der Waals surface area contributed by atoms with Crippen LogP contribution in [-0.4, -0.2) is 40.9 Å². The van der Waals surface area contributed by atoms with Crippen molar-refractivity contribution in [3.05, 3.63) is 58.1 Å². The lowest BCUT2D eigenvalue weighted by atomic mass is 10.0. The van der Waals surface area contributed by atoms with Gasteiger partial charge in [-0.2, -0.15) is 0 Å². The van der Waals surface area contributed by atoms with Crippen LogP contribution in [-0.2, 0) is 0 Å². The van der Waals surface area contributed by atoms with E-state index in [4.69, 9.17) is 0 Å². The monoisotopic (exact) mass is 424 g/mol. The molecule has 0 radical (unpaired) electrons. The van der Waals surface area contributed by atoms with Gasteiger partial charge in [0.1, 0.15) is 17.2 Å². The molecule has 0 heterocycles. The van der Waals surface area contributed by atoms with Gasteiger partial charge >= 0.3 is 0 Å². The SMILES string of the molecule is Cc1cc(/C=C/c2c(O)cc(O)c(/C=C/c3cc(O)c(O)c(O)c3)c2O)cc(O)c1O. The predicted molar refractivity (Wildman–Crippen MR) is 115 cm³/mol. The Hall–Kier alpha value is -4.46. The number of benzene rings is 3. The van der Waals surface area contributed by atoms with Gasteiger partial charge in [0.2, 0.25) is 0 Å². The van der Waals surface area contributed by atoms with Gasteiger partial charge in [-0.15, -0.1) is 0 Å². The zero-order valence-electron chi connectivity index (χ0n) is 16.3. The van der Waals surface area contributed by atoms with E-state index in [-0.39, 0.29) is 28.2 Å².